The second-order valence-electron chi connectivity index (χ2n) is 2.15. The molecule has 0 aromatic carbocycles. The second-order valence-corrected chi connectivity index (χ2v) is 2.15. The lowest BCUT2D eigenvalue weighted by Gasteiger charge is -1.97. The third-order valence-electron chi connectivity index (χ3n) is 1.53. The minimum atomic E-state index is -0.189. The Hall–Kier alpha value is -1.45. The van der Waals surface area contributed by atoms with Crippen molar-refractivity contribution in [2.24, 2.45) is 0 Å². The van der Waals surface area contributed by atoms with Crippen LogP contribution in [-0.4, -0.2) is 14.5 Å². The molecule has 0 unspecified atom stereocenters. The summed E-state index contributed by atoms with van der Waals surface area (Å²) < 4.78 is 2.86. The van der Waals surface area contributed by atoms with E-state index in [9.17, 15) is 4.79 Å². The van der Waals surface area contributed by atoms with E-state index in [1.165, 1.54) is 15.4 Å². The zero-order chi connectivity index (χ0) is 7.14. The third kappa shape index (κ3) is 0.478. The minimum Gasteiger partial charge on any atom is -0.493 e. The molecule has 4 nitrogen and oxygen atoms in total. The van der Waals surface area contributed by atoms with Crippen molar-refractivity contribution in [2.75, 3.05) is 0 Å². The first-order chi connectivity index (χ1) is 4.79. The third-order valence-corrected chi connectivity index (χ3v) is 1.53. The van der Waals surface area contributed by atoms with Crippen LogP contribution in [-0.2, 0) is 6.54 Å². The molecule has 0 spiro atoms. The van der Waals surface area contributed by atoms with E-state index >= 15 is 0 Å². The van der Waals surface area contributed by atoms with Gasteiger partial charge >= 0.3 is 0 Å². The van der Waals surface area contributed by atoms with Crippen molar-refractivity contribution in [2.45, 2.75) is 6.54 Å². The van der Waals surface area contributed by atoms with E-state index in [0.29, 0.717) is 6.54 Å². The van der Waals surface area contributed by atoms with Gasteiger partial charge in [-0.3, -0.25) is 4.79 Å². The maximum Gasteiger partial charge on any atom is 0.274 e. The molecule has 1 N–H and O–H groups in total. The molecule has 0 radical (unpaired) electrons. The highest BCUT2D eigenvalue weighted by atomic mass is 16.3. The van der Waals surface area contributed by atoms with Crippen molar-refractivity contribution in [3.8, 4) is 5.88 Å². The number of aromatic nitrogens is 2. The van der Waals surface area contributed by atoms with Gasteiger partial charge in [0, 0.05) is 6.20 Å². The van der Waals surface area contributed by atoms with Crippen molar-refractivity contribution in [3.05, 3.63) is 22.5 Å². The summed E-state index contributed by atoms with van der Waals surface area (Å²) in [5, 5.41) is 9.05. The van der Waals surface area contributed by atoms with Crippen molar-refractivity contribution in [3.63, 3.8) is 0 Å². The molecular weight excluding hydrogens is 132 g/mol. The number of rotatable bonds is 0. The van der Waals surface area contributed by atoms with Gasteiger partial charge in [-0.15, -0.1) is 0 Å². The summed E-state index contributed by atoms with van der Waals surface area (Å²) in [5.41, 5.74) is -0.189. The molecule has 0 aliphatic carbocycles. The maximum atomic E-state index is 10.9. The summed E-state index contributed by atoms with van der Waals surface area (Å²) in [6.45, 7) is 0.577. The zero-order valence-electron chi connectivity index (χ0n) is 5.19. The Morgan fingerprint density at radius 3 is 3.10 bits per heavy atom. The molecule has 0 atom stereocenters. The molecule has 0 amide bonds. The van der Waals surface area contributed by atoms with E-state index in [1.54, 1.807) is 12.3 Å². The van der Waals surface area contributed by atoms with Gasteiger partial charge in [0.2, 0.25) is 5.88 Å². The van der Waals surface area contributed by atoms with Crippen molar-refractivity contribution in [1.29, 1.82) is 0 Å². The Morgan fingerprint density at radius 1 is 1.60 bits per heavy atom. The second kappa shape index (κ2) is 1.53. The Kier molecular flexibility index (Phi) is 0.818. The summed E-state index contributed by atoms with van der Waals surface area (Å²) >= 11 is 0. The van der Waals surface area contributed by atoms with Crippen LogP contribution in [0.25, 0.3) is 6.20 Å². The van der Waals surface area contributed by atoms with Crippen molar-refractivity contribution < 1.29 is 5.11 Å². The molecule has 1 aliphatic rings. The first-order valence-corrected chi connectivity index (χ1v) is 2.97. The van der Waals surface area contributed by atoms with Crippen LogP contribution in [0.5, 0.6) is 5.88 Å². The lowest BCUT2D eigenvalue weighted by molar-refractivity contribution is 0.406. The number of hydrogen-bond donors (Lipinski definition) is 1. The van der Waals surface area contributed by atoms with Crippen LogP contribution in [0.2, 0.25) is 0 Å². The van der Waals surface area contributed by atoms with E-state index in [1.807, 2.05) is 0 Å². The molecule has 52 valence electrons. The van der Waals surface area contributed by atoms with Crippen molar-refractivity contribution >= 4 is 6.20 Å². The van der Waals surface area contributed by atoms with Crippen LogP contribution in [0.1, 0.15) is 0 Å². The summed E-state index contributed by atoms with van der Waals surface area (Å²) in [6, 6.07) is 1.20. The summed E-state index contributed by atoms with van der Waals surface area (Å²) in [6.07, 6.45) is 3.45. The SMILES string of the molecule is O=c1cc(O)n2n1C=CC2. The Morgan fingerprint density at radius 2 is 2.40 bits per heavy atom. The van der Waals surface area contributed by atoms with Gasteiger partial charge in [-0.2, -0.15) is 0 Å². The van der Waals surface area contributed by atoms with Crippen LogP contribution in [0.15, 0.2) is 16.9 Å². The van der Waals surface area contributed by atoms with E-state index in [-0.39, 0.29) is 11.4 Å². The van der Waals surface area contributed by atoms with Gasteiger partial charge in [0.1, 0.15) is 0 Å². The molecule has 0 saturated carbocycles. The van der Waals surface area contributed by atoms with Crippen LogP contribution < -0.4 is 5.56 Å². The fourth-order valence-electron chi connectivity index (χ4n) is 1.06. The van der Waals surface area contributed by atoms with Gasteiger partial charge in [-0.1, -0.05) is 0 Å². The smallest absolute Gasteiger partial charge is 0.274 e. The molecule has 1 aromatic heterocycles. The van der Waals surface area contributed by atoms with Crippen LogP contribution >= 0.6 is 0 Å². The van der Waals surface area contributed by atoms with Crippen LogP contribution in [0.4, 0.5) is 0 Å². The largest absolute Gasteiger partial charge is 0.493 e. The quantitative estimate of drug-likeness (QED) is 0.541. The fourth-order valence-corrected chi connectivity index (χ4v) is 1.06. The highest BCUT2D eigenvalue weighted by molar-refractivity contribution is 5.28. The fraction of sp³-hybridized carbons (Fsp3) is 0.167. The molecule has 1 aliphatic heterocycles. The van der Waals surface area contributed by atoms with E-state index in [2.05, 4.69) is 0 Å². The van der Waals surface area contributed by atoms with E-state index in [0.717, 1.165) is 0 Å². The predicted molar refractivity (Wildman–Crippen MR) is 35.7 cm³/mol. The van der Waals surface area contributed by atoms with Gasteiger partial charge in [0.05, 0.1) is 12.6 Å². The van der Waals surface area contributed by atoms with Gasteiger partial charge < -0.3 is 5.11 Å². The van der Waals surface area contributed by atoms with Gasteiger partial charge in [0.25, 0.3) is 5.56 Å². The molecule has 4 heteroatoms. The molecule has 0 fully saturated rings. The topological polar surface area (TPSA) is 47.2 Å². The Labute approximate surface area is 56.6 Å². The zero-order valence-corrected chi connectivity index (χ0v) is 5.19. The average molecular weight is 138 g/mol. The standard InChI is InChI=1S/C6H6N2O2/c9-5-4-6(10)8-3-1-2-7(5)8/h1-2,4,10H,3H2. The maximum absolute atomic E-state index is 10.9. The highest BCUT2D eigenvalue weighted by Gasteiger charge is 2.09. The van der Waals surface area contributed by atoms with Gasteiger partial charge in [0.15, 0.2) is 0 Å². The number of nitrogens with zero attached hydrogens (tertiary/aromatic N) is 2. The molecule has 0 saturated heterocycles. The molecule has 0 bridgehead atoms. The summed E-state index contributed by atoms with van der Waals surface area (Å²) in [4.78, 5) is 10.9. The van der Waals surface area contributed by atoms with Gasteiger partial charge in [-0.05, 0) is 6.08 Å². The molecule has 10 heavy (non-hydrogen) atoms. The molecule has 2 rings (SSSR count). The molecule has 2 heterocycles. The number of aromatic hydroxyl groups is 1. The minimum absolute atomic E-state index is 0.0231. The van der Waals surface area contributed by atoms with Gasteiger partial charge in [-0.25, -0.2) is 9.36 Å². The summed E-state index contributed by atoms with van der Waals surface area (Å²) in [5.74, 6) is 0.0231. The highest BCUT2D eigenvalue weighted by Crippen LogP contribution is 2.10. The lowest BCUT2D eigenvalue weighted by atomic mass is 10.6. The first-order valence-electron chi connectivity index (χ1n) is 2.97. The van der Waals surface area contributed by atoms with E-state index in [4.69, 9.17) is 5.11 Å². The van der Waals surface area contributed by atoms with E-state index < -0.39 is 0 Å². The molecule has 1 aromatic rings. The van der Waals surface area contributed by atoms with Crippen LogP contribution in [0, 0.1) is 0 Å². The van der Waals surface area contributed by atoms with Crippen molar-refractivity contribution in [1.82, 2.24) is 9.36 Å². The monoisotopic (exact) mass is 138 g/mol. The number of fused-ring (bicyclic) bond motifs is 1. The predicted octanol–water partition coefficient (Wildman–Crippen LogP) is -0.160. The normalized spacial score (nSPS) is 14.0. The Bertz CT molecular complexity index is 345. The summed E-state index contributed by atoms with van der Waals surface area (Å²) in [7, 11) is 0. The Balaban J connectivity index is 2.82. The lowest BCUT2D eigenvalue weighted by Crippen LogP contribution is -2.12. The first kappa shape index (κ1) is 5.34. The number of hydrogen-bond acceptors (Lipinski definition) is 2. The molecular formula is C6H6N2O2. The average Bonchev–Trinajstić information content (AvgIpc) is 2.39. The van der Waals surface area contributed by atoms with Crippen LogP contribution in [0.3, 0.4) is 0 Å². The number of allylic oxidation sites excluding steroid dienone is 1.